The van der Waals surface area contributed by atoms with Crippen molar-refractivity contribution in [1.29, 1.82) is 0 Å². The van der Waals surface area contributed by atoms with Crippen molar-refractivity contribution in [2.75, 3.05) is 0 Å². The van der Waals surface area contributed by atoms with Gasteiger partial charge in [-0.05, 0) is 74.1 Å². The van der Waals surface area contributed by atoms with Crippen LogP contribution in [0.1, 0.15) is 87.4 Å². The molecule has 27 heavy (non-hydrogen) atoms. The van der Waals surface area contributed by atoms with Crippen molar-refractivity contribution in [2.45, 2.75) is 65.7 Å². The average Bonchev–Trinajstić information content (AvgIpc) is 2.55. The van der Waals surface area contributed by atoms with Crippen molar-refractivity contribution < 1.29 is 14.6 Å². The molecule has 0 heterocycles. The monoisotopic (exact) mass is 432 g/mol. The summed E-state index contributed by atoms with van der Waals surface area (Å²) in [7, 11) is 0. The molecule has 2 aromatic rings. The largest absolute Gasteiger partial charge is 0.507 e. The Morgan fingerprint density at radius 2 is 1.52 bits per heavy atom. The first kappa shape index (κ1) is 21.5. The maximum Gasteiger partial charge on any atom is 0.343 e. The summed E-state index contributed by atoms with van der Waals surface area (Å²) >= 11 is 3.51. The van der Waals surface area contributed by atoms with Crippen LogP contribution in [-0.2, 0) is 5.41 Å². The van der Waals surface area contributed by atoms with Crippen LogP contribution in [0.25, 0.3) is 0 Å². The summed E-state index contributed by atoms with van der Waals surface area (Å²) < 4.78 is 6.39. The fourth-order valence-corrected chi connectivity index (χ4v) is 3.35. The fourth-order valence-electron chi connectivity index (χ4n) is 2.89. The molecule has 0 radical (unpaired) electrons. The fraction of sp³-hybridized carbons (Fsp3) is 0.435. The average molecular weight is 433 g/mol. The molecule has 4 heteroatoms. The highest BCUT2D eigenvalue weighted by atomic mass is 79.9. The Hall–Kier alpha value is -1.81. The van der Waals surface area contributed by atoms with Gasteiger partial charge >= 0.3 is 5.97 Å². The van der Waals surface area contributed by atoms with Crippen LogP contribution in [0, 0.1) is 0 Å². The van der Waals surface area contributed by atoms with Crippen molar-refractivity contribution in [3.8, 4) is 11.5 Å². The Morgan fingerprint density at radius 3 is 1.93 bits per heavy atom. The number of esters is 1. The molecule has 0 aliphatic rings. The lowest BCUT2D eigenvalue weighted by atomic mass is 9.87. The Bertz CT molecular complexity index is 816. The summed E-state index contributed by atoms with van der Waals surface area (Å²) in [4.78, 5) is 12.8. The van der Waals surface area contributed by atoms with Gasteiger partial charge in [0.2, 0.25) is 0 Å². The molecule has 0 aromatic heterocycles. The Labute approximate surface area is 170 Å². The van der Waals surface area contributed by atoms with E-state index < -0.39 is 5.97 Å². The Morgan fingerprint density at radius 1 is 1.00 bits per heavy atom. The SMILES string of the molecule is CC(C)c1cc(C(=O)Oc2ccc(C(C)(C)C)cc2Br)cc(C(C)C)c1O. The molecule has 0 aliphatic heterocycles. The molecule has 146 valence electrons. The van der Waals surface area contributed by atoms with Crippen LogP contribution in [0.15, 0.2) is 34.8 Å². The van der Waals surface area contributed by atoms with Crippen LogP contribution >= 0.6 is 15.9 Å². The number of hydrogen-bond acceptors (Lipinski definition) is 3. The highest BCUT2D eigenvalue weighted by Gasteiger charge is 2.21. The Kier molecular flexibility index (Phi) is 6.41. The molecule has 2 aromatic carbocycles. The number of benzene rings is 2. The second kappa shape index (κ2) is 8.05. The maximum absolute atomic E-state index is 12.8. The van der Waals surface area contributed by atoms with E-state index in [4.69, 9.17) is 4.74 Å². The smallest absolute Gasteiger partial charge is 0.343 e. The van der Waals surface area contributed by atoms with E-state index in [1.807, 2.05) is 45.9 Å². The van der Waals surface area contributed by atoms with Gasteiger partial charge in [0.1, 0.15) is 11.5 Å². The summed E-state index contributed by atoms with van der Waals surface area (Å²) in [5, 5.41) is 10.5. The molecule has 0 bridgehead atoms. The van der Waals surface area contributed by atoms with Crippen LogP contribution in [0.2, 0.25) is 0 Å². The number of ether oxygens (including phenoxy) is 1. The molecular weight excluding hydrogens is 404 g/mol. The molecule has 0 saturated carbocycles. The van der Waals surface area contributed by atoms with Crippen LogP contribution in [0.3, 0.4) is 0 Å². The van der Waals surface area contributed by atoms with E-state index in [0.717, 1.165) is 21.2 Å². The molecule has 3 nitrogen and oxygen atoms in total. The van der Waals surface area contributed by atoms with Gasteiger partial charge in [-0.2, -0.15) is 0 Å². The number of rotatable bonds is 4. The summed E-state index contributed by atoms with van der Waals surface area (Å²) in [5.41, 5.74) is 3.14. The van der Waals surface area contributed by atoms with E-state index in [2.05, 4.69) is 36.7 Å². The number of carbonyl (C=O) groups excluding carboxylic acids is 1. The predicted octanol–water partition coefficient (Wildman–Crippen LogP) is 6.92. The lowest BCUT2D eigenvalue weighted by molar-refractivity contribution is 0.0733. The van der Waals surface area contributed by atoms with Crippen LogP contribution < -0.4 is 4.74 Å². The van der Waals surface area contributed by atoms with Gasteiger partial charge < -0.3 is 9.84 Å². The lowest BCUT2D eigenvalue weighted by Crippen LogP contribution is -2.13. The highest BCUT2D eigenvalue weighted by Crippen LogP contribution is 2.36. The molecule has 0 atom stereocenters. The van der Waals surface area contributed by atoms with Gasteiger partial charge in [0, 0.05) is 0 Å². The van der Waals surface area contributed by atoms with E-state index in [-0.39, 0.29) is 23.0 Å². The third-order valence-corrected chi connectivity index (χ3v) is 5.27. The maximum atomic E-state index is 12.8. The lowest BCUT2D eigenvalue weighted by Gasteiger charge is -2.20. The predicted molar refractivity (Wildman–Crippen MR) is 114 cm³/mol. The quantitative estimate of drug-likeness (QED) is 0.421. The van der Waals surface area contributed by atoms with Gasteiger partial charge in [-0.15, -0.1) is 0 Å². The molecule has 0 spiro atoms. The molecule has 0 unspecified atom stereocenters. The second-order valence-corrected chi connectivity index (χ2v) is 9.45. The van der Waals surface area contributed by atoms with Crippen LogP contribution in [-0.4, -0.2) is 11.1 Å². The van der Waals surface area contributed by atoms with E-state index in [1.165, 1.54) is 0 Å². The molecule has 2 rings (SSSR count). The van der Waals surface area contributed by atoms with Crippen LogP contribution in [0.4, 0.5) is 0 Å². The Balaban J connectivity index is 2.39. The first-order chi connectivity index (χ1) is 12.4. The number of halogens is 1. The highest BCUT2D eigenvalue weighted by molar-refractivity contribution is 9.10. The summed E-state index contributed by atoms with van der Waals surface area (Å²) in [5.74, 6) is 0.537. The van der Waals surface area contributed by atoms with Crippen molar-refractivity contribution in [1.82, 2.24) is 0 Å². The standard InChI is InChI=1S/C23H29BrO3/c1-13(2)17-10-15(11-18(14(3)4)21(17)25)22(26)27-20-9-8-16(12-19(20)24)23(5,6)7/h8-14,25H,1-7H3. The summed E-state index contributed by atoms with van der Waals surface area (Å²) in [6, 6.07) is 9.23. The van der Waals surface area contributed by atoms with Gasteiger partial charge in [0.05, 0.1) is 10.0 Å². The summed E-state index contributed by atoms with van der Waals surface area (Å²) in [6.45, 7) is 14.4. The van der Waals surface area contributed by atoms with E-state index in [0.29, 0.717) is 11.3 Å². The van der Waals surface area contributed by atoms with Crippen molar-refractivity contribution in [2.24, 2.45) is 0 Å². The van der Waals surface area contributed by atoms with E-state index in [9.17, 15) is 9.90 Å². The summed E-state index contributed by atoms with van der Waals surface area (Å²) in [6.07, 6.45) is 0. The molecule has 0 fully saturated rings. The normalized spacial score (nSPS) is 11.9. The van der Waals surface area contributed by atoms with Gasteiger partial charge in [-0.3, -0.25) is 0 Å². The number of phenols is 1. The van der Waals surface area contributed by atoms with Crippen molar-refractivity contribution in [3.05, 3.63) is 57.1 Å². The number of hydrogen-bond donors (Lipinski definition) is 1. The van der Waals surface area contributed by atoms with Gasteiger partial charge in [-0.1, -0.05) is 54.5 Å². The zero-order valence-electron chi connectivity index (χ0n) is 17.2. The number of carbonyl (C=O) groups is 1. The zero-order valence-corrected chi connectivity index (χ0v) is 18.8. The van der Waals surface area contributed by atoms with Gasteiger partial charge in [0.25, 0.3) is 0 Å². The van der Waals surface area contributed by atoms with Gasteiger partial charge in [0.15, 0.2) is 0 Å². The molecule has 0 saturated heterocycles. The van der Waals surface area contributed by atoms with Crippen molar-refractivity contribution >= 4 is 21.9 Å². The minimum absolute atomic E-state index is 0.0142. The topological polar surface area (TPSA) is 46.5 Å². The number of phenolic OH excluding ortho intramolecular Hbond substituents is 1. The van der Waals surface area contributed by atoms with E-state index >= 15 is 0 Å². The van der Waals surface area contributed by atoms with Gasteiger partial charge in [-0.25, -0.2) is 4.79 Å². The zero-order chi connectivity index (χ0) is 20.5. The molecule has 1 N–H and O–H groups in total. The molecular formula is C23H29BrO3. The third-order valence-electron chi connectivity index (χ3n) is 4.65. The minimum Gasteiger partial charge on any atom is -0.507 e. The van der Waals surface area contributed by atoms with Crippen LogP contribution in [0.5, 0.6) is 11.5 Å². The van der Waals surface area contributed by atoms with Crippen molar-refractivity contribution in [3.63, 3.8) is 0 Å². The second-order valence-electron chi connectivity index (χ2n) is 8.60. The first-order valence-corrected chi connectivity index (χ1v) is 10.1. The third kappa shape index (κ3) is 4.92. The first-order valence-electron chi connectivity index (χ1n) is 9.30. The minimum atomic E-state index is -0.428. The molecule has 0 aliphatic carbocycles. The molecule has 0 amide bonds. The number of aromatic hydroxyl groups is 1. The van der Waals surface area contributed by atoms with E-state index in [1.54, 1.807) is 12.1 Å².